The molecule has 5 rings (SSSR count). The van der Waals surface area contributed by atoms with Crippen LogP contribution in [0.25, 0.3) is 28.1 Å². The Hall–Kier alpha value is -4.13. The van der Waals surface area contributed by atoms with Crippen LogP contribution in [-0.4, -0.2) is 11.5 Å². The summed E-state index contributed by atoms with van der Waals surface area (Å²) in [5.74, 6) is -0.0184. The van der Waals surface area contributed by atoms with Crippen molar-refractivity contribution >= 4 is 17.2 Å². The smallest absolute Gasteiger partial charge is 0.381 e. The van der Waals surface area contributed by atoms with Gasteiger partial charge in [0.05, 0.1) is 11.3 Å². The van der Waals surface area contributed by atoms with Gasteiger partial charge in [0, 0.05) is 29.1 Å². The Balaban J connectivity index is 1.67. The second kappa shape index (κ2) is 8.91. The second-order valence-corrected chi connectivity index (χ2v) is 8.36. The summed E-state index contributed by atoms with van der Waals surface area (Å²) < 4.78 is 55.4. The number of halogens is 4. The van der Waals surface area contributed by atoms with Crippen molar-refractivity contribution in [2.24, 2.45) is 0 Å². The largest absolute Gasteiger partial charge is 0.417 e. The van der Waals surface area contributed by atoms with Gasteiger partial charge >= 0.3 is 6.18 Å². The number of nitrogens with zero attached hydrogens (tertiary/aromatic N) is 1. The van der Waals surface area contributed by atoms with Crippen molar-refractivity contribution in [3.63, 3.8) is 0 Å². The summed E-state index contributed by atoms with van der Waals surface area (Å²) in [5, 5.41) is 6.52. The topological polar surface area (TPSA) is 37.0 Å². The highest BCUT2D eigenvalue weighted by Gasteiger charge is 2.33. The molecule has 0 saturated carbocycles. The van der Waals surface area contributed by atoms with Crippen LogP contribution in [0, 0.1) is 5.82 Å². The van der Waals surface area contributed by atoms with Crippen LogP contribution >= 0.6 is 0 Å². The van der Waals surface area contributed by atoms with Gasteiger partial charge in [0.25, 0.3) is 0 Å². The van der Waals surface area contributed by atoms with E-state index in [0.717, 1.165) is 22.9 Å². The minimum atomic E-state index is -4.53. The second-order valence-electron chi connectivity index (χ2n) is 8.36. The van der Waals surface area contributed by atoms with Crippen LogP contribution in [-0.2, 0) is 6.18 Å². The Morgan fingerprint density at radius 3 is 2.34 bits per heavy atom. The average molecular weight is 475 g/mol. The number of rotatable bonds is 4. The third-order valence-corrected chi connectivity index (χ3v) is 5.92. The number of nitrogens with one attached hydrogen (secondary N) is 2. The fourth-order valence-electron chi connectivity index (χ4n) is 4.21. The maximum Gasteiger partial charge on any atom is 0.417 e. The van der Waals surface area contributed by atoms with Gasteiger partial charge in [-0.2, -0.15) is 13.2 Å². The molecule has 0 bridgehead atoms. The maximum absolute atomic E-state index is 14.1. The Labute approximate surface area is 200 Å². The summed E-state index contributed by atoms with van der Waals surface area (Å²) in [6.45, 7) is 2.45. The molecule has 1 aliphatic heterocycles. The van der Waals surface area contributed by atoms with Gasteiger partial charge in [-0.25, -0.2) is 9.37 Å². The van der Waals surface area contributed by atoms with Crippen molar-refractivity contribution in [2.45, 2.75) is 13.1 Å². The molecule has 3 nitrogen and oxygen atoms in total. The highest BCUT2D eigenvalue weighted by molar-refractivity contribution is 5.88. The van der Waals surface area contributed by atoms with Crippen LogP contribution in [0.2, 0.25) is 0 Å². The fourth-order valence-corrected chi connectivity index (χ4v) is 4.21. The third-order valence-electron chi connectivity index (χ3n) is 5.92. The minimum absolute atomic E-state index is 0.0108. The van der Waals surface area contributed by atoms with Crippen LogP contribution in [0.4, 0.5) is 29.1 Å². The Bertz CT molecular complexity index is 1430. The van der Waals surface area contributed by atoms with Crippen molar-refractivity contribution in [1.29, 1.82) is 0 Å². The molecule has 0 amide bonds. The Kier molecular flexibility index (Phi) is 5.76. The molecule has 0 aliphatic carbocycles. The van der Waals surface area contributed by atoms with Crippen molar-refractivity contribution in [2.75, 3.05) is 17.2 Å². The summed E-state index contributed by atoms with van der Waals surface area (Å²) in [7, 11) is 0. The summed E-state index contributed by atoms with van der Waals surface area (Å²) in [5.41, 5.74) is 3.97. The normalized spacial score (nSPS) is 13.3. The lowest BCUT2D eigenvalue weighted by molar-refractivity contribution is -0.137. The van der Waals surface area contributed by atoms with Gasteiger partial charge in [-0.1, -0.05) is 48.5 Å². The van der Waals surface area contributed by atoms with Gasteiger partial charge in [-0.15, -0.1) is 0 Å². The number of fused-ring (bicyclic) bond motifs is 1. The number of benzene rings is 3. The molecular weight excluding hydrogens is 454 g/mol. The number of alkyl halides is 3. The van der Waals surface area contributed by atoms with E-state index in [0.29, 0.717) is 29.2 Å². The lowest BCUT2D eigenvalue weighted by atomic mass is 9.99. The number of hydrogen-bond donors (Lipinski definition) is 2. The zero-order valence-electron chi connectivity index (χ0n) is 18.7. The maximum atomic E-state index is 14.1. The first-order valence-corrected chi connectivity index (χ1v) is 11.0. The lowest BCUT2D eigenvalue weighted by Crippen LogP contribution is -2.17. The summed E-state index contributed by atoms with van der Waals surface area (Å²) >= 11 is 0. The lowest BCUT2D eigenvalue weighted by Gasteiger charge is -2.24. The molecule has 2 heterocycles. The minimum Gasteiger partial charge on any atom is -0.381 e. The highest BCUT2D eigenvalue weighted by atomic mass is 19.4. The molecule has 1 aromatic heterocycles. The zero-order valence-corrected chi connectivity index (χ0v) is 18.7. The highest BCUT2D eigenvalue weighted by Crippen LogP contribution is 2.39. The van der Waals surface area contributed by atoms with Gasteiger partial charge in [0.15, 0.2) is 0 Å². The standard InChI is InChI=1S/C28H21F4N3/c1-17-16-33-24-12-11-20(29)15-22(24)27(17)35-26-14-19(18-7-3-2-4-8-18)13-25(34-26)21-9-5-6-10-23(21)28(30,31)32/h2-15,33H,16H2,1H3,(H,34,35). The predicted octanol–water partition coefficient (Wildman–Crippen LogP) is 7.84. The van der Waals surface area contributed by atoms with Gasteiger partial charge < -0.3 is 10.6 Å². The first-order valence-electron chi connectivity index (χ1n) is 11.0. The molecule has 0 atom stereocenters. The van der Waals surface area contributed by atoms with Crippen LogP contribution in [0.15, 0.2) is 90.5 Å². The first kappa shape index (κ1) is 22.7. The number of anilines is 2. The monoisotopic (exact) mass is 475 g/mol. The molecule has 35 heavy (non-hydrogen) atoms. The molecule has 7 heteroatoms. The Morgan fingerprint density at radius 2 is 1.57 bits per heavy atom. The molecular formula is C28H21F4N3. The molecule has 3 aromatic carbocycles. The first-order chi connectivity index (χ1) is 16.8. The van der Waals surface area contributed by atoms with Crippen LogP contribution in [0.1, 0.15) is 18.1 Å². The molecule has 0 unspecified atom stereocenters. The molecule has 1 aliphatic rings. The van der Waals surface area contributed by atoms with Crippen LogP contribution < -0.4 is 10.6 Å². The van der Waals surface area contributed by atoms with E-state index in [1.54, 1.807) is 24.3 Å². The molecule has 0 saturated heterocycles. The van der Waals surface area contributed by atoms with Gasteiger partial charge in [0.1, 0.15) is 11.6 Å². The molecule has 0 radical (unpaired) electrons. The van der Waals surface area contributed by atoms with E-state index in [1.807, 2.05) is 37.3 Å². The van der Waals surface area contributed by atoms with Crippen molar-refractivity contribution < 1.29 is 17.6 Å². The van der Waals surface area contributed by atoms with Gasteiger partial charge in [-0.05, 0) is 60.0 Å². The van der Waals surface area contributed by atoms with E-state index >= 15 is 0 Å². The predicted molar refractivity (Wildman–Crippen MR) is 131 cm³/mol. The number of aromatic nitrogens is 1. The van der Waals surface area contributed by atoms with E-state index in [9.17, 15) is 17.6 Å². The SMILES string of the molecule is CC1=C(Nc2cc(-c3ccccc3)cc(-c3ccccc3C(F)(F)F)n2)c2cc(F)ccc2NC1. The van der Waals surface area contributed by atoms with E-state index in [1.165, 1.54) is 24.3 Å². The zero-order chi connectivity index (χ0) is 24.6. The summed E-state index contributed by atoms with van der Waals surface area (Å²) in [6, 6.07) is 22.7. The summed E-state index contributed by atoms with van der Waals surface area (Å²) in [4.78, 5) is 4.57. The van der Waals surface area contributed by atoms with Crippen LogP contribution in [0.3, 0.4) is 0 Å². The molecule has 0 fully saturated rings. The number of pyridine rings is 1. The molecule has 2 N–H and O–H groups in total. The van der Waals surface area contributed by atoms with Gasteiger partial charge in [-0.3, -0.25) is 0 Å². The molecule has 0 spiro atoms. The van der Waals surface area contributed by atoms with E-state index in [2.05, 4.69) is 15.6 Å². The van der Waals surface area contributed by atoms with Gasteiger partial charge in [0.2, 0.25) is 0 Å². The Morgan fingerprint density at radius 1 is 0.829 bits per heavy atom. The number of hydrogen-bond acceptors (Lipinski definition) is 3. The molecule has 4 aromatic rings. The van der Waals surface area contributed by atoms with E-state index in [-0.39, 0.29) is 17.1 Å². The van der Waals surface area contributed by atoms with E-state index < -0.39 is 11.7 Å². The van der Waals surface area contributed by atoms with Crippen LogP contribution in [0.5, 0.6) is 0 Å². The van der Waals surface area contributed by atoms with Crippen molar-refractivity contribution in [3.05, 3.63) is 107 Å². The average Bonchev–Trinajstić information content (AvgIpc) is 2.86. The van der Waals surface area contributed by atoms with Crippen molar-refractivity contribution in [1.82, 2.24) is 4.98 Å². The third kappa shape index (κ3) is 4.62. The fraction of sp³-hybridized carbons (Fsp3) is 0.107. The van der Waals surface area contributed by atoms with E-state index in [4.69, 9.17) is 0 Å². The summed E-state index contributed by atoms with van der Waals surface area (Å²) in [6.07, 6.45) is -4.53. The van der Waals surface area contributed by atoms with Crippen molar-refractivity contribution in [3.8, 4) is 22.4 Å². The molecule has 176 valence electrons. The quantitative estimate of drug-likeness (QED) is 0.295.